The van der Waals surface area contributed by atoms with E-state index in [1.807, 2.05) is 0 Å². The zero-order valence-electron chi connectivity index (χ0n) is 11.6. The standard InChI is InChI=1S/C15H10ClFN4OS/c16-10-2-1-3-11(17)9(10)7-19-21-14(22)8-4-5-12-13(6-8)23-15(18)20-12/h1-7H,(H2,18,20)(H,21,22)/b19-7-. The highest BCUT2D eigenvalue weighted by atomic mass is 35.5. The van der Waals surface area contributed by atoms with Gasteiger partial charge in [0.15, 0.2) is 5.13 Å². The number of anilines is 1. The topological polar surface area (TPSA) is 80.4 Å². The summed E-state index contributed by atoms with van der Waals surface area (Å²) in [6.07, 6.45) is 1.17. The average molecular weight is 349 g/mol. The molecule has 1 heterocycles. The first kappa shape index (κ1) is 15.4. The predicted molar refractivity (Wildman–Crippen MR) is 90.5 cm³/mol. The van der Waals surface area contributed by atoms with E-state index in [-0.39, 0.29) is 10.6 Å². The van der Waals surface area contributed by atoms with Crippen LogP contribution in [0.1, 0.15) is 15.9 Å². The van der Waals surface area contributed by atoms with Gasteiger partial charge in [-0.1, -0.05) is 29.0 Å². The molecule has 0 unspecified atom stereocenters. The van der Waals surface area contributed by atoms with Gasteiger partial charge in [0.1, 0.15) is 5.82 Å². The number of aromatic nitrogens is 1. The summed E-state index contributed by atoms with van der Waals surface area (Å²) in [5, 5.41) is 4.39. The summed E-state index contributed by atoms with van der Waals surface area (Å²) in [6, 6.07) is 9.28. The van der Waals surface area contributed by atoms with E-state index in [0.29, 0.717) is 10.7 Å². The molecule has 0 spiro atoms. The monoisotopic (exact) mass is 348 g/mol. The third kappa shape index (κ3) is 3.30. The maximum Gasteiger partial charge on any atom is 0.271 e. The van der Waals surface area contributed by atoms with Crippen LogP contribution in [-0.2, 0) is 0 Å². The Kier molecular flexibility index (Phi) is 4.22. The lowest BCUT2D eigenvalue weighted by Crippen LogP contribution is -2.17. The van der Waals surface area contributed by atoms with Crippen LogP contribution in [0.15, 0.2) is 41.5 Å². The number of amides is 1. The first-order valence-corrected chi connectivity index (χ1v) is 7.67. The fourth-order valence-electron chi connectivity index (χ4n) is 1.94. The number of hydrogen-bond donors (Lipinski definition) is 2. The first-order valence-electron chi connectivity index (χ1n) is 6.48. The van der Waals surface area contributed by atoms with Crippen LogP contribution in [0.5, 0.6) is 0 Å². The second-order valence-corrected chi connectivity index (χ2v) is 6.04. The van der Waals surface area contributed by atoms with E-state index >= 15 is 0 Å². The lowest BCUT2D eigenvalue weighted by molar-refractivity contribution is 0.0955. The predicted octanol–water partition coefficient (Wildman–Crippen LogP) is 3.43. The zero-order chi connectivity index (χ0) is 16.4. The summed E-state index contributed by atoms with van der Waals surface area (Å²) < 4.78 is 14.4. The highest BCUT2D eigenvalue weighted by Gasteiger charge is 2.08. The molecule has 3 aromatic rings. The van der Waals surface area contributed by atoms with E-state index in [2.05, 4.69) is 15.5 Å². The minimum absolute atomic E-state index is 0.111. The summed E-state index contributed by atoms with van der Waals surface area (Å²) in [6.45, 7) is 0. The third-order valence-corrected chi connectivity index (χ3v) is 4.20. The molecule has 0 saturated carbocycles. The van der Waals surface area contributed by atoms with Crippen molar-refractivity contribution in [3.05, 3.63) is 58.4 Å². The molecular weight excluding hydrogens is 339 g/mol. The van der Waals surface area contributed by atoms with E-state index in [9.17, 15) is 9.18 Å². The number of nitrogen functional groups attached to an aromatic ring is 1. The number of halogens is 2. The smallest absolute Gasteiger partial charge is 0.271 e. The number of nitrogens with two attached hydrogens (primary N) is 1. The van der Waals surface area contributed by atoms with Crippen molar-refractivity contribution in [3.63, 3.8) is 0 Å². The van der Waals surface area contributed by atoms with E-state index in [0.717, 1.165) is 10.2 Å². The quantitative estimate of drug-likeness (QED) is 0.562. The number of carbonyl (C=O) groups is 1. The largest absolute Gasteiger partial charge is 0.375 e. The number of rotatable bonds is 3. The second kappa shape index (κ2) is 6.31. The van der Waals surface area contributed by atoms with Crippen LogP contribution in [0.2, 0.25) is 5.02 Å². The maximum absolute atomic E-state index is 13.6. The second-order valence-electron chi connectivity index (χ2n) is 4.57. The van der Waals surface area contributed by atoms with E-state index < -0.39 is 11.7 Å². The van der Waals surface area contributed by atoms with Gasteiger partial charge < -0.3 is 5.73 Å². The van der Waals surface area contributed by atoms with E-state index in [1.54, 1.807) is 18.2 Å². The van der Waals surface area contributed by atoms with Gasteiger partial charge in [-0.05, 0) is 30.3 Å². The van der Waals surface area contributed by atoms with Gasteiger partial charge in [-0.15, -0.1) is 0 Å². The highest BCUT2D eigenvalue weighted by molar-refractivity contribution is 7.22. The fraction of sp³-hybridized carbons (Fsp3) is 0. The molecule has 3 rings (SSSR count). The third-order valence-electron chi connectivity index (χ3n) is 3.03. The molecule has 0 fully saturated rings. The van der Waals surface area contributed by atoms with Crippen molar-refractivity contribution < 1.29 is 9.18 Å². The van der Waals surface area contributed by atoms with Crippen molar-refractivity contribution in [1.29, 1.82) is 0 Å². The van der Waals surface area contributed by atoms with Crippen molar-refractivity contribution in [2.24, 2.45) is 5.10 Å². The number of carbonyl (C=O) groups excluding carboxylic acids is 1. The summed E-state index contributed by atoms with van der Waals surface area (Å²) in [5.41, 5.74) is 9.20. The molecule has 0 bridgehead atoms. The molecule has 8 heteroatoms. The van der Waals surface area contributed by atoms with Crippen LogP contribution in [0.3, 0.4) is 0 Å². The maximum atomic E-state index is 13.6. The number of nitrogens with one attached hydrogen (secondary N) is 1. The molecule has 0 aliphatic heterocycles. The molecular formula is C15H10ClFN4OS. The van der Waals surface area contributed by atoms with E-state index in [4.69, 9.17) is 17.3 Å². The van der Waals surface area contributed by atoms with Crippen molar-refractivity contribution in [3.8, 4) is 0 Å². The molecule has 1 amide bonds. The van der Waals surface area contributed by atoms with Crippen molar-refractivity contribution >= 4 is 50.4 Å². The molecule has 5 nitrogen and oxygen atoms in total. The minimum Gasteiger partial charge on any atom is -0.375 e. The van der Waals surface area contributed by atoms with Gasteiger partial charge in [0.05, 0.1) is 21.5 Å². The Labute approximate surface area is 139 Å². The van der Waals surface area contributed by atoms with Gasteiger partial charge in [0.25, 0.3) is 5.91 Å². The number of fused-ring (bicyclic) bond motifs is 1. The molecule has 3 N–H and O–H groups in total. The van der Waals surface area contributed by atoms with Crippen LogP contribution in [0, 0.1) is 5.82 Å². The highest BCUT2D eigenvalue weighted by Crippen LogP contribution is 2.24. The molecule has 116 valence electrons. The molecule has 0 aliphatic rings. The number of nitrogens with zero attached hydrogens (tertiary/aromatic N) is 2. The molecule has 0 atom stereocenters. The summed E-state index contributed by atoms with van der Waals surface area (Å²) in [7, 11) is 0. The van der Waals surface area contributed by atoms with Gasteiger partial charge >= 0.3 is 0 Å². The Bertz CT molecular complexity index is 905. The average Bonchev–Trinajstić information content (AvgIpc) is 2.89. The SMILES string of the molecule is Nc1nc2ccc(C(=O)N/N=C\c3c(F)cccc3Cl)cc2s1. The van der Waals surface area contributed by atoms with Crippen molar-refractivity contribution in [1.82, 2.24) is 10.4 Å². The van der Waals surface area contributed by atoms with Crippen LogP contribution in [0.4, 0.5) is 9.52 Å². The van der Waals surface area contributed by atoms with Crippen LogP contribution < -0.4 is 11.2 Å². The lowest BCUT2D eigenvalue weighted by atomic mass is 10.2. The van der Waals surface area contributed by atoms with E-state index in [1.165, 1.54) is 35.8 Å². The Morgan fingerprint density at radius 3 is 3.00 bits per heavy atom. The Hall–Kier alpha value is -2.51. The Balaban J connectivity index is 1.76. The summed E-state index contributed by atoms with van der Waals surface area (Å²) in [5.74, 6) is -0.945. The van der Waals surface area contributed by atoms with Crippen LogP contribution in [0.25, 0.3) is 10.2 Å². The lowest BCUT2D eigenvalue weighted by Gasteiger charge is -2.01. The molecule has 2 aromatic carbocycles. The molecule has 23 heavy (non-hydrogen) atoms. The van der Waals surface area contributed by atoms with Crippen LogP contribution in [-0.4, -0.2) is 17.1 Å². The van der Waals surface area contributed by atoms with Crippen molar-refractivity contribution in [2.75, 3.05) is 5.73 Å². The van der Waals surface area contributed by atoms with Gasteiger partial charge in [-0.3, -0.25) is 4.79 Å². The number of hydrogen-bond acceptors (Lipinski definition) is 5. The van der Waals surface area contributed by atoms with Gasteiger partial charge in [0, 0.05) is 11.1 Å². The Morgan fingerprint density at radius 2 is 2.22 bits per heavy atom. The number of benzene rings is 2. The summed E-state index contributed by atoms with van der Waals surface area (Å²) >= 11 is 7.16. The van der Waals surface area contributed by atoms with Gasteiger partial charge in [-0.2, -0.15) is 5.10 Å². The molecule has 1 aromatic heterocycles. The molecule has 0 radical (unpaired) electrons. The van der Waals surface area contributed by atoms with Gasteiger partial charge in [0.2, 0.25) is 0 Å². The number of thiazole rings is 1. The normalized spacial score (nSPS) is 11.2. The summed E-state index contributed by atoms with van der Waals surface area (Å²) in [4.78, 5) is 16.2. The van der Waals surface area contributed by atoms with Crippen molar-refractivity contribution in [2.45, 2.75) is 0 Å². The molecule has 0 saturated heterocycles. The fourth-order valence-corrected chi connectivity index (χ4v) is 2.92. The number of hydrazone groups is 1. The van der Waals surface area contributed by atoms with Gasteiger partial charge in [-0.25, -0.2) is 14.8 Å². The molecule has 0 aliphatic carbocycles. The van der Waals surface area contributed by atoms with Crippen LogP contribution >= 0.6 is 22.9 Å². The minimum atomic E-state index is -0.517. The first-order chi connectivity index (χ1) is 11.0. The zero-order valence-corrected chi connectivity index (χ0v) is 13.2. The Morgan fingerprint density at radius 1 is 1.39 bits per heavy atom.